The highest BCUT2D eigenvalue weighted by molar-refractivity contribution is 6.10. The van der Waals surface area contributed by atoms with Crippen molar-refractivity contribution in [3.63, 3.8) is 0 Å². The van der Waals surface area contributed by atoms with Gasteiger partial charge in [0.15, 0.2) is 19.4 Å². The van der Waals surface area contributed by atoms with E-state index in [-0.39, 0.29) is 42.1 Å². The number of carbonyl (C=O) groups is 1. The molecule has 2 N–H and O–H groups in total. The molecule has 0 saturated carbocycles. The van der Waals surface area contributed by atoms with Gasteiger partial charge in [-0.1, -0.05) is 18.2 Å². The molecule has 0 fully saturated rings. The molecule has 0 atom stereocenters. The molecule has 26 heavy (non-hydrogen) atoms. The van der Waals surface area contributed by atoms with Crippen LogP contribution in [0.4, 0.5) is 0 Å². The monoisotopic (exact) mass is 360 g/mol. The maximum Gasteiger partial charge on any atom is 0.193 e. The van der Waals surface area contributed by atoms with E-state index in [0.29, 0.717) is 0 Å². The van der Waals surface area contributed by atoms with Gasteiger partial charge in [0.1, 0.15) is 28.6 Å². The van der Waals surface area contributed by atoms with Crippen molar-refractivity contribution in [2.75, 3.05) is 27.8 Å². The second kappa shape index (κ2) is 9.45. The number of phenols is 2. The molecule has 0 aromatic heterocycles. The van der Waals surface area contributed by atoms with E-state index in [2.05, 4.69) is 0 Å². The minimum atomic E-state index is -0.393. The molecular formula is C19H20O7. The zero-order chi connectivity index (χ0) is 18.9. The van der Waals surface area contributed by atoms with E-state index in [0.717, 1.165) is 5.56 Å². The molecule has 0 aliphatic rings. The summed E-state index contributed by atoms with van der Waals surface area (Å²) in [4.78, 5) is 12.7. The van der Waals surface area contributed by atoms with Gasteiger partial charge in [0.25, 0.3) is 0 Å². The third kappa shape index (κ3) is 5.23. The van der Waals surface area contributed by atoms with Crippen LogP contribution in [0.2, 0.25) is 0 Å². The van der Waals surface area contributed by atoms with Crippen LogP contribution in [0.5, 0.6) is 23.0 Å². The third-order valence-corrected chi connectivity index (χ3v) is 3.28. The summed E-state index contributed by atoms with van der Waals surface area (Å²) in [7, 11) is 2.88. The van der Waals surface area contributed by atoms with Crippen LogP contribution in [0.3, 0.4) is 0 Å². The van der Waals surface area contributed by atoms with E-state index >= 15 is 0 Å². The average molecular weight is 360 g/mol. The van der Waals surface area contributed by atoms with Crippen LogP contribution >= 0.6 is 0 Å². The van der Waals surface area contributed by atoms with Crippen molar-refractivity contribution in [1.29, 1.82) is 0 Å². The Kier molecular flexibility index (Phi) is 7.02. The molecule has 138 valence electrons. The summed E-state index contributed by atoms with van der Waals surface area (Å²) in [6, 6.07) is 8.98. The number of methoxy groups -OCH3 is 2. The molecule has 7 heteroatoms. The lowest BCUT2D eigenvalue weighted by Gasteiger charge is -2.14. The molecule has 0 radical (unpaired) electrons. The smallest absolute Gasteiger partial charge is 0.193 e. The van der Waals surface area contributed by atoms with Gasteiger partial charge in [0, 0.05) is 26.4 Å². The number of ether oxygens (including phenoxy) is 4. The predicted octanol–water partition coefficient (Wildman–Crippen LogP) is 2.96. The van der Waals surface area contributed by atoms with Gasteiger partial charge in [-0.2, -0.15) is 0 Å². The van der Waals surface area contributed by atoms with E-state index < -0.39 is 5.78 Å². The molecule has 0 aliphatic heterocycles. The number of carbonyl (C=O) groups excluding carboxylic acids is 1. The van der Waals surface area contributed by atoms with Crippen molar-refractivity contribution in [1.82, 2.24) is 0 Å². The lowest BCUT2D eigenvalue weighted by molar-refractivity contribution is 0.0444. The Morgan fingerprint density at radius 2 is 1.46 bits per heavy atom. The van der Waals surface area contributed by atoms with Crippen molar-refractivity contribution < 1.29 is 34.0 Å². The van der Waals surface area contributed by atoms with E-state index in [9.17, 15) is 15.0 Å². The Labute approximate surface area is 151 Å². The highest BCUT2D eigenvalue weighted by Crippen LogP contribution is 2.34. The summed E-state index contributed by atoms with van der Waals surface area (Å²) in [5.74, 6) is -0.134. The Bertz CT molecular complexity index is 737. The second-order valence-corrected chi connectivity index (χ2v) is 5.21. The third-order valence-electron chi connectivity index (χ3n) is 3.28. The zero-order valence-electron chi connectivity index (χ0n) is 14.5. The predicted molar refractivity (Wildman–Crippen MR) is 94.6 cm³/mol. The molecule has 0 aliphatic carbocycles. The van der Waals surface area contributed by atoms with Gasteiger partial charge in [-0.15, -0.1) is 0 Å². The molecule has 0 unspecified atom stereocenters. The first-order valence-electron chi connectivity index (χ1n) is 7.67. The maximum atomic E-state index is 12.7. The largest absolute Gasteiger partial charge is 0.508 e. The zero-order valence-corrected chi connectivity index (χ0v) is 14.5. The summed E-state index contributed by atoms with van der Waals surface area (Å²) in [5.41, 5.74) is 0.862. The first-order chi connectivity index (χ1) is 12.5. The number of ketones is 1. The fourth-order valence-corrected chi connectivity index (χ4v) is 2.13. The Balaban J connectivity index is 2.36. The number of rotatable bonds is 9. The van der Waals surface area contributed by atoms with Crippen LogP contribution in [0.25, 0.3) is 6.08 Å². The quantitative estimate of drug-likeness (QED) is 0.403. The van der Waals surface area contributed by atoms with Crippen LogP contribution in [0, 0.1) is 0 Å². The molecule has 7 nitrogen and oxygen atoms in total. The highest BCUT2D eigenvalue weighted by atomic mass is 16.7. The normalized spacial score (nSPS) is 10.8. The fraction of sp³-hybridized carbons (Fsp3) is 0.211. The SMILES string of the molecule is COCOc1cc(O)cc(OCOC)c1C(=O)/C=C/c1ccc(O)cc1. The van der Waals surface area contributed by atoms with Gasteiger partial charge < -0.3 is 29.2 Å². The number of phenolic OH excluding ortho intramolecular Hbond substituents is 2. The minimum absolute atomic E-state index is 0.102. The summed E-state index contributed by atoms with van der Waals surface area (Å²) < 4.78 is 20.5. The van der Waals surface area contributed by atoms with Gasteiger partial charge >= 0.3 is 0 Å². The first-order valence-corrected chi connectivity index (χ1v) is 7.67. The van der Waals surface area contributed by atoms with Gasteiger partial charge in [-0.25, -0.2) is 0 Å². The van der Waals surface area contributed by atoms with Crippen LogP contribution in [0.1, 0.15) is 15.9 Å². The van der Waals surface area contributed by atoms with Gasteiger partial charge in [-0.05, 0) is 23.8 Å². The van der Waals surface area contributed by atoms with E-state index in [1.807, 2.05) is 0 Å². The lowest BCUT2D eigenvalue weighted by atomic mass is 10.1. The maximum absolute atomic E-state index is 12.7. The Morgan fingerprint density at radius 3 is 1.96 bits per heavy atom. The molecule has 2 aromatic rings. The van der Waals surface area contributed by atoms with Gasteiger partial charge in [-0.3, -0.25) is 4.79 Å². The van der Waals surface area contributed by atoms with Crippen LogP contribution in [-0.2, 0) is 9.47 Å². The second-order valence-electron chi connectivity index (χ2n) is 5.21. The van der Waals surface area contributed by atoms with Crippen molar-refractivity contribution in [3.05, 3.63) is 53.6 Å². The molecule has 0 bridgehead atoms. The van der Waals surface area contributed by atoms with E-state index in [1.165, 1.54) is 44.6 Å². The fourth-order valence-electron chi connectivity index (χ4n) is 2.13. The molecule has 0 spiro atoms. The van der Waals surface area contributed by atoms with Gasteiger partial charge in [0.05, 0.1) is 0 Å². The van der Waals surface area contributed by atoms with Crippen LogP contribution in [-0.4, -0.2) is 43.8 Å². The Hall–Kier alpha value is -3.03. The number of hydrogen-bond acceptors (Lipinski definition) is 7. The standard InChI is InChI=1S/C19H20O7/c1-23-11-25-17-9-15(21)10-18(26-12-24-2)19(17)16(22)8-5-13-3-6-14(20)7-4-13/h3-10,20-21H,11-12H2,1-2H3/b8-5+. The van der Waals surface area contributed by atoms with Crippen molar-refractivity contribution in [2.45, 2.75) is 0 Å². The minimum Gasteiger partial charge on any atom is -0.508 e. The first kappa shape index (κ1) is 19.3. The highest BCUT2D eigenvalue weighted by Gasteiger charge is 2.19. The van der Waals surface area contributed by atoms with Crippen LogP contribution < -0.4 is 9.47 Å². The summed E-state index contributed by atoms with van der Waals surface area (Å²) >= 11 is 0. The lowest BCUT2D eigenvalue weighted by Crippen LogP contribution is -2.09. The average Bonchev–Trinajstić information content (AvgIpc) is 2.63. The summed E-state index contributed by atoms with van der Waals surface area (Å²) in [5, 5.41) is 19.1. The van der Waals surface area contributed by atoms with E-state index in [1.54, 1.807) is 18.2 Å². The molecule has 0 saturated heterocycles. The molecule has 0 amide bonds. The van der Waals surface area contributed by atoms with Crippen molar-refractivity contribution in [3.8, 4) is 23.0 Å². The molecule has 2 rings (SSSR count). The number of allylic oxidation sites excluding steroid dienone is 1. The summed E-state index contributed by atoms with van der Waals surface area (Å²) in [6.07, 6.45) is 2.94. The molecule has 0 heterocycles. The number of benzene rings is 2. The van der Waals surface area contributed by atoms with Crippen LogP contribution in [0.15, 0.2) is 42.5 Å². The van der Waals surface area contributed by atoms with Gasteiger partial charge in [0.2, 0.25) is 0 Å². The van der Waals surface area contributed by atoms with Crippen molar-refractivity contribution >= 4 is 11.9 Å². The van der Waals surface area contributed by atoms with Crippen molar-refractivity contribution in [2.24, 2.45) is 0 Å². The molecular weight excluding hydrogens is 340 g/mol. The number of aromatic hydroxyl groups is 2. The molecule has 2 aromatic carbocycles. The Morgan fingerprint density at radius 1 is 0.923 bits per heavy atom. The van der Waals surface area contributed by atoms with E-state index in [4.69, 9.17) is 18.9 Å². The summed E-state index contributed by atoms with van der Waals surface area (Å²) in [6.45, 7) is -0.204. The number of hydrogen-bond donors (Lipinski definition) is 2. The topological polar surface area (TPSA) is 94.5 Å².